The van der Waals surface area contributed by atoms with Gasteiger partial charge in [-0.3, -0.25) is 4.79 Å². The average molecular weight is 268 g/mol. The topological polar surface area (TPSA) is 62.2 Å². The lowest BCUT2D eigenvalue weighted by molar-refractivity contribution is 0.0700. The number of carbonyl (C=O) groups excluding carboxylic acids is 1. The molecule has 0 aromatic carbocycles. The number of rotatable bonds is 3. The van der Waals surface area contributed by atoms with Crippen LogP contribution in [-0.4, -0.2) is 28.1 Å². The molecule has 2 rings (SSSR count). The summed E-state index contributed by atoms with van der Waals surface area (Å²) in [7, 11) is 0. The highest BCUT2D eigenvalue weighted by atomic mass is 32.1. The summed E-state index contributed by atoms with van der Waals surface area (Å²) in [6.45, 7) is 4.02. The third kappa shape index (κ3) is 2.72. The van der Waals surface area contributed by atoms with Crippen LogP contribution in [-0.2, 0) is 0 Å². The Balaban J connectivity index is 2.11. The van der Waals surface area contributed by atoms with Crippen molar-refractivity contribution in [2.75, 3.05) is 6.61 Å². The first-order valence-electron chi connectivity index (χ1n) is 6.40. The molecule has 0 bridgehead atoms. The van der Waals surface area contributed by atoms with Gasteiger partial charge in [0.15, 0.2) is 0 Å². The fourth-order valence-corrected chi connectivity index (χ4v) is 3.47. The lowest BCUT2D eigenvalue weighted by atomic mass is 9.77. The minimum absolute atomic E-state index is 0.0148. The lowest BCUT2D eigenvalue weighted by Gasteiger charge is -2.39. The van der Waals surface area contributed by atoms with Gasteiger partial charge >= 0.3 is 0 Å². The highest BCUT2D eigenvalue weighted by Crippen LogP contribution is 2.32. The van der Waals surface area contributed by atoms with Crippen molar-refractivity contribution < 1.29 is 9.90 Å². The van der Waals surface area contributed by atoms with Gasteiger partial charge in [-0.2, -0.15) is 0 Å². The first-order valence-corrected chi connectivity index (χ1v) is 7.28. The number of thiazole rings is 1. The standard InChI is InChI=1S/C13H20N2O2S/c1-9-4-3-5-13(6-9,7-16)15-12(17)11-10(2)14-8-18-11/h8-9,16H,3-7H2,1-2H3,(H,15,17). The molecular formula is C13H20N2O2S. The second-order valence-electron chi connectivity index (χ2n) is 5.36. The van der Waals surface area contributed by atoms with Crippen LogP contribution in [0, 0.1) is 12.8 Å². The molecule has 1 aliphatic rings. The number of amides is 1. The quantitative estimate of drug-likeness (QED) is 0.882. The first kappa shape index (κ1) is 13.5. The molecule has 0 aliphatic heterocycles. The Morgan fingerprint density at radius 1 is 1.72 bits per heavy atom. The Kier molecular flexibility index (Phi) is 4.02. The number of hydrogen-bond acceptors (Lipinski definition) is 4. The maximum Gasteiger partial charge on any atom is 0.263 e. The zero-order valence-corrected chi connectivity index (χ0v) is 11.7. The molecule has 1 aromatic rings. The Bertz CT molecular complexity index is 432. The van der Waals surface area contributed by atoms with Crippen molar-refractivity contribution in [1.82, 2.24) is 10.3 Å². The number of hydrogen-bond donors (Lipinski definition) is 2. The summed E-state index contributed by atoms with van der Waals surface area (Å²) >= 11 is 1.35. The lowest BCUT2D eigenvalue weighted by Crippen LogP contribution is -2.53. The van der Waals surface area contributed by atoms with E-state index in [1.807, 2.05) is 6.92 Å². The number of nitrogens with one attached hydrogen (secondary N) is 1. The van der Waals surface area contributed by atoms with E-state index in [0.717, 1.165) is 25.0 Å². The second-order valence-corrected chi connectivity index (χ2v) is 6.22. The molecular weight excluding hydrogens is 248 g/mol. The molecule has 2 atom stereocenters. The van der Waals surface area contributed by atoms with Crippen LogP contribution in [0.4, 0.5) is 0 Å². The minimum Gasteiger partial charge on any atom is -0.394 e. The number of aromatic nitrogens is 1. The molecule has 5 heteroatoms. The number of carbonyl (C=O) groups is 1. The van der Waals surface area contributed by atoms with Gasteiger partial charge in [0, 0.05) is 0 Å². The molecule has 1 saturated carbocycles. The maximum absolute atomic E-state index is 12.2. The second kappa shape index (κ2) is 5.36. The van der Waals surface area contributed by atoms with Crippen molar-refractivity contribution >= 4 is 17.2 Å². The Morgan fingerprint density at radius 3 is 3.06 bits per heavy atom. The van der Waals surface area contributed by atoms with E-state index in [4.69, 9.17) is 0 Å². The van der Waals surface area contributed by atoms with Crippen LogP contribution >= 0.6 is 11.3 Å². The van der Waals surface area contributed by atoms with Crippen molar-refractivity contribution in [2.45, 2.75) is 45.1 Å². The molecule has 4 nitrogen and oxygen atoms in total. The third-order valence-electron chi connectivity index (χ3n) is 3.72. The molecule has 18 heavy (non-hydrogen) atoms. The molecule has 0 spiro atoms. The van der Waals surface area contributed by atoms with E-state index in [-0.39, 0.29) is 12.5 Å². The monoisotopic (exact) mass is 268 g/mol. The highest BCUT2D eigenvalue weighted by molar-refractivity contribution is 7.11. The molecule has 2 unspecified atom stereocenters. The highest BCUT2D eigenvalue weighted by Gasteiger charge is 2.36. The molecule has 1 amide bonds. The van der Waals surface area contributed by atoms with Gasteiger partial charge < -0.3 is 10.4 Å². The van der Waals surface area contributed by atoms with Crippen LogP contribution in [0.3, 0.4) is 0 Å². The molecule has 0 saturated heterocycles. The zero-order chi connectivity index (χ0) is 13.2. The number of nitrogens with zero attached hydrogens (tertiary/aromatic N) is 1. The van der Waals surface area contributed by atoms with Gasteiger partial charge in [-0.25, -0.2) is 4.98 Å². The fourth-order valence-electron chi connectivity index (χ4n) is 2.77. The average Bonchev–Trinajstić information content (AvgIpc) is 2.75. The predicted molar refractivity (Wildman–Crippen MR) is 71.8 cm³/mol. The summed E-state index contributed by atoms with van der Waals surface area (Å²) in [6, 6.07) is 0. The molecule has 1 aromatic heterocycles. The van der Waals surface area contributed by atoms with Crippen molar-refractivity contribution in [2.24, 2.45) is 5.92 Å². The Hall–Kier alpha value is -0.940. The van der Waals surface area contributed by atoms with E-state index in [2.05, 4.69) is 17.2 Å². The van der Waals surface area contributed by atoms with Crippen LogP contribution < -0.4 is 5.32 Å². The van der Waals surface area contributed by atoms with Gasteiger partial charge in [0.2, 0.25) is 0 Å². The smallest absolute Gasteiger partial charge is 0.263 e. The summed E-state index contributed by atoms with van der Waals surface area (Å²) in [4.78, 5) is 17.0. The van der Waals surface area contributed by atoms with Crippen LogP contribution in [0.5, 0.6) is 0 Å². The summed E-state index contributed by atoms with van der Waals surface area (Å²) in [5, 5.41) is 12.7. The van der Waals surface area contributed by atoms with Crippen LogP contribution in [0.15, 0.2) is 5.51 Å². The first-order chi connectivity index (χ1) is 8.56. The molecule has 0 radical (unpaired) electrons. The van der Waals surface area contributed by atoms with Crippen molar-refractivity contribution in [1.29, 1.82) is 0 Å². The Labute approximate surface area is 111 Å². The summed E-state index contributed by atoms with van der Waals surface area (Å²) in [6.07, 6.45) is 3.95. The van der Waals surface area contributed by atoms with Crippen LogP contribution in [0.1, 0.15) is 48.0 Å². The normalized spacial score (nSPS) is 28.1. The summed E-state index contributed by atoms with van der Waals surface area (Å²) in [5.41, 5.74) is 2.00. The molecule has 100 valence electrons. The minimum atomic E-state index is -0.439. The van der Waals surface area contributed by atoms with E-state index in [1.165, 1.54) is 17.8 Å². The number of aliphatic hydroxyl groups is 1. The molecule has 1 heterocycles. The maximum atomic E-state index is 12.2. The number of aliphatic hydroxyl groups excluding tert-OH is 1. The van der Waals surface area contributed by atoms with E-state index < -0.39 is 5.54 Å². The molecule has 1 fully saturated rings. The van der Waals surface area contributed by atoms with Crippen LogP contribution in [0.25, 0.3) is 0 Å². The van der Waals surface area contributed by atoms with Gasteiger partial charge in [-0.1, -0.05) is 19.8 Å². The van der Waals surface area contributed by atoms with Crippen molar-refractivity contribution in [3.63, 3.8) is 0 Å². The zero-order valence-electron chi connectivity index (χ0n) is 10.9. The summed E-state index contributed by atoms with van der Waals surface area (Å²) in [5.74, 6) is 0.451. The van der Waals surface area contributed by atoms with Crippen molar-refractivity contribution in [3.8, 4) is 0 Å². The predicted octanol–water partition coefficient (Wildman–Crippen LogP) is 2.12. The van der Waals surface area contributed by atoms with E-state index in [9.17, 15) is 9.90 Å². The van der Waals surface area contributed by atoms with Crippen molar-refractivity contribution in [3.05, 3.63) is 16.1 Å². The SMILES string of the molecule is Cc1ncsc1C(=O)NC1(CO)CCCC(C)C1. The Morgan fingerprint density at radius 2 is 2.50 bits per heavy atom. The van der Waals surface area contributed by atoms with Gasteiger partial charge in [-0.15, -0.1) is 11.3 Å². The van der Waals surface area contributed by atoms with E-state index in [1.54, 1.807) is 5.51 Å². The van der Waals surface area contributed by atoms with Crippen LogP contribution in [0.2, 0.25) is 0 Å². The molecule has 1 aliphatic carbocycles. The summed E-state index contributed by atoms with van der Waals surface area (Å²) < 4.78 is 0. The fraction of sp³-hybridized carbons (Fsp3) is 0.692. The van der Waals surface area contributed by atoms with Gasteiger partial charge in [0.25, 0.3) is 5.91 Å². The largest absolute Gasteiger partial charge is 0.394 e. The molecule has 2 N–H and O–H groups in total. The number of aryl methyl sites for hydroxylation is 1. The third-order valence-corrected chi connectivity index (χ3v) is 4.65. The van der Waals surface area contributed by atoms with E-state index >= 15 is 0 Å². The van der Waals surface area contributed by atoms with E-state index in [0.29, 0.717) is 10.8 Å². The van der Waals surface area contributed by atoms with Gasteiger partial charge in [0.05, 0.1) is 23.4 Å². The van der Waals surface area contributed by atoms with Gasteiger partial charge in [-0.05, 0) is 25.7 Å². The van der Waals surface area contributed by atoms with Gasteiger partial charge in [0.1, 0.15) is 4.88 Å².